The lowest BCUT2D eigenvalue weighted by Gasteiger charge is -2.36. The number of ether oxygens (including phenoxy) is 1. The minimum Gasteiger partial charge on any atom is -0.373 e. The molecule has 3 aliphatic rings. The first-order valence-corrected chi connectivity index (χ1v) is 13.2. The Labute approximate surface area is 186 Å². The van der Waals surface area contributed by atoms with E-state index < -0.39 is 9.84 Å². The predicted molar refractivity (Wildman–Crippen MR) is 123 cm³/mol. The highest BCUT2D eigenvalue weighted by Gasteiger charge is 2.41. The minimum absolute atomic E-state index is 0.202. The molecule has 8 nitrogen and oxygen atoms in total. The molecule has 9 heteroatoms. The predicted octanol–water partition coefficient (Wildman–Crippen LogP) is 0.268. The van der Waals surface area contributed by atoms with Gasteiger partial charge in [-0.2, -0.15) is 0 Å². The Morgan fingerprint density at radius 1 is 1.16 bits per heavy atom. The normalized spacial score (nSPS) is 27.3. The molecule has 2 unspecified atom stereocenters. The highest BCUT2D eigenvalue weighted by atomic mass is 32.2. The molecule has 3 fully saturated rings. The second-order valence-electron chi connectivity index (χ2n) is 8.57. The van der Waals surface area contributed by atoms with Gasteiger partial charge in [-0.05, 0) is 12.5 Å². The summed E-state index contributed by atoms with van der Waals surface area (Å²) in [5.41, 5.74) is 1.34. The number of rotatable bonds is 6. The summed E-state index contributed by atoms with van der Waals surface area (Å²) in [7, 11) is -2.84. The number of hydrogen-bond donors (Lipinski definition) is 1. The maximum atomic E-state index is 11.6. The highest BCUT2D eigenvalue weighted by molar-refractivity contribution is 7.91. The number of fused-ring (bicyclic) bond motifs is 1. The van der Waals surface area contributed by atoms with Crippen LogP contribution in [0.15, 0.2) is 35.3 Å². The molecule has 31 heavy (non-hydrogen) atoms. The van der Waals surface area contributed by atoms with Gasteiger partial charge in [0.05, 0.1) is 36.8 Å². The van der Waals surface area contributed by atoms with Crippen molar-refractivity contribution in [1.82, 2.24) is 20.0 Å². The van der Waals surface area contributed by atoms with Crippen molar-refractivity contribution in [1.29, 1.82) is 0 Å². The summed E-state index contributed by atoms with van der Waals surface area (Å²) >= 11 is 0. The van der Waals surface area contributed by atoms with Crippen LogP contribution in [-0.2, 0) is 21.1 Å². The number of guanidine groups is 1. The van der Waals surface area contributed by atoms with Crippen LogP contribution in [0.4, 0.5) is 0 Å². The number of sulfone groups is 1. The van der Waals surface area contributed by atoms with Crippen LogP contribution in [0, 0.1) is 0 Å². The van der Waals surface area contributed by atoms with Crippen molar-refractivity contribution in [2.75, 3.05) is 70.5 Å². The number of nitrogens with zero attached hydrogens (tertiary/aromatic N) is 4. The van der Waals surface area contributed by atoms with E-state index in [1.165, 1.54) is 5.56 Å². The third-order valence-electron chi connectivity index (χ3n) is 6.39. The van der Waals surface area contributed by atoms with Crippen molar-refractivity contribution >= 4 is 15.8 Å². The van der Waals surface area contributed by atoms with Crippen LogP contribution < -0.4 is 5.32 Å². The Balaban J connectivity index is 1.34. The van der Waals surface area contributed by atoms with Crippen LogP contribution >= 0.6 is 0 Å². The van der Waals surface area contributed by atoms with Crippen LogP contribution in [0.3, 0.4) is 0 Å². The van der Waals surface area contributed by atoms with E-state index in [2.05, 4.69) is 57.3 Å². The Morgan fingerprint density at radius 3 is 2.68 bits per heavy atom. The van der Waals surface area contributed by atoms with Crippen LogP contribution in [0.1, 0.15) is 12.5 Å². The Morgan fingerprint density at radius 2 is 1.94 bits per heavy atom. The van der Waals surface area contributed by atoms with Gasteiger partial charge in [-0.15, -0.1) is 0 Å². The number of nitrogens with one attached hydrogen (secondary N) is 1. The van der Waals surface area contributed by atoms with Gasteiger partial charge < -0.3 is 15.0 Å². The molecule has 0 bridgehead atoms. The summed E-state index contributed by atoms with van der Waals surface area (Å²) in [5.74, 6) is 1.46. The Hall–Kier alpha value is -1.68. The topological polar surface area (TPSA) is 77.5 Å². The fourth-order valence-electron chi connectivity index (χ4n) is 4.64. The first-order valence-electron chi connectivity index (χ1n) is 11.4. The molecule has 1 N–H and O–H groups in total. The summed E-state index contributed by atoms with van der Waals surface area (Å²) in [5, 5.41) is 3.44. The lowest BCUT2D eigenvalue weighted by Crippen LogP contribution is -2.50. The fourth-order valence-corrected chi connectivity index (χ4v) is 5.92. The molecule has 172 valence electrons. The molecular weight excluding hydrogens is 414 g/mol. The monoisotopic (exact) mass is 449 g/mol. The Bertz CT molecular complexity index is 834. The first-order chi connectivity index (χ1) is 15.0. The van der Waals surface area contributed by atoms with E-state index in [1.54, 1.807) is 0 Å². The van der Waals surface area contributed by atoms with Gasteiger partial charge in [-0.1, -0.05) is 30.3 Å². The van der Waals surface area contributed by atoms with Crippen molar-refractivity contribution < 1.29 is 13.2 Å². The molecule has 0 saturated carbocycles. The molecule has 3 aliphatic heterocycles. The van der Waals surface area contributed by atoms with Crippen molar-refractivity contribution in [3.05, 3.63) is 35.9 Å². The number of aliphatic imine (C=N–C) groups is 1. The highest BCUT2D eigenvalue weighted by Crippen LogP contribution is 2.24. The summed E-state index contributed by atoms with van der Waals surface area (Å²) < 4.78 is 29.3. The van der Waals surface area contributed by atoms with E-state index in [9.17, 15) is 8.42 Å². The minimum atomic E-state index is -2.84. The lowest BCUT2D eigenvalue weighted by atomic mass is 10.1. The standard InChI is InChI=1S/C22H35N5O3S/c1-2-23-22(24-8-9-25-11-14-31(28,29)15-12-25)27-17-20-21(18-27)30-13-10-26(20)16-19-6-4-3-5-7-19/h3-7,20-21H,2,8-18H2,1H3,(H,23,24). The van der Waals surface area contributed by atoms with E-state index in [4.69, 9.17) is 9.73 Å². The largest absolute Gasteiger partial charge is 0.373 e. The van der Waals surface area contributed by atoms with Gasteiger partial charge >= 0.3 is 0 Å². The molecule has 0 aliphatic carbocycles. The van der Waals surface area contributed by atoms with Crippen LogP contribution in [-0.4, -0.2) is 112 Å². The summed E-state index contributed by atoms with van der Waals surface area (Å²) in [6.45, 7) is 10.0. The van der Waals surface area contributed by atoms with Gasteiger partial charge in [0.15, 0.2) is 15.8 Å². The molecule has 4 rings (SSSR count). The zero-order chi connectivity index (χ0) is 21.7. The molecule has 1 aromatic carbocycles. The van der Waals surface area contributed by atoms with Crippen molar-refractivity contribution in [3.8, 4) is 0 Å². The third kappa shape index (κ3) is 5.97. The molecule has 0 spiro atoms. The van der Waals surface area contributed by atoms with E-state index >= 15 is 0 Å². The van der Waals surface area contributed by atoms with Gasteiger partial charge in [-0.3, -0.25) is 14.8 Å². The van der Waals surface area contributed by atoms with Gasteiger partial charge in [0.1, 0.15) is 0 Å². The number of benzene rings is 1. The third-order valence-corrected chi connectivity index (χ3v) is 8.00. The lowest BCUT2D eigenvalue weighted by molar-refractivity contribution is -0.0502. The average molecular weight is 450 g/mol. The molecule has 3 saturated heterocycles. The molecule has 3 heterocycles. The Kier molecular flexibility index (Phi) is 7.47. The number of morpholine rings is 1. The second kappa shape index (κ2) is 10.3. The maximum Gasteiger partial charge on any atom is 0.194 e. The summed E-state index contributed by atoms with van der Waals surface area (Å²) in [6.07, 6.45) is 0.202. The number of hydrogen-bond acceptors (Lipinski definition) is 6. The maximum absolute atomic E-state index is 11.6. The zero-order valence-corrected chi connectivity index (χ0v) is 19.3. The summed E-state index contributed by atoms with van der Waals surface area (Å²) in [4.78, 5) is 11.9. The number of likely N-dealkylation sites (tertiary alicyclic amines) is 1. The molecule has 2 atom stereocenters. The van der Waals surface area contributed by atoms with Crippen LogP contribution in [0.2, 0.25) is 0 Å². The zero-order valence-electron chi connectivity index (χ0n) is 18.4. The smallest absolute Gasteiger partial charge is 0.194 e. The molecule has 0 radical (unpaired) electrons. The summed E-state index contributed by atoms with van der Waals surface area (Å²) in [6, 6.07) is 11.0. The van der Waals surface area contributed by atoms with Gasteiger partial charge in [0.2, 0.25) is 0 Å². The fraction of sp³-hybridized carbons (Fsp3) is 0.682. The van der Waals surface area contributed by atoms with Gasteiger partial charge in [0, 0.05) is 52.4 Å². The van der Waals surface area contributed by atoms with Crippen molar-refractivity contribution in [2.24, 2.45) is 4.99 Å². The molecule has 0 amide bonds. The van der Waals surface area contributed by atoms with Crippen molar-refractivity contribution in [3.63, 3.8) is 0 Å². The molecule has 1 aromatic rings. The van der Waals surface area contributed by atoms with E-state index in [-0.39, 0.29) is 17.6 Å². The SMILES string of the molecule is CCNC(=NCCN1CCS(=O)(=O)CC1)N1CC2OCCN(Cc3ccccc3)C2C1. The molecular formula is C22H35N5O3S. The van der Waals surface area contributed by atoms with E-state index in [0.29, 0.717) is 25.7 Å². The van der Waals surface area contributed by atoms with Gasteiger partial charge in [-0.25, -0.2) is 8.42 Å². The average Bonchev–Trinajstić information content (AvgIpc) is 3.20. The first kappa shape index (κ1) is 22.5. The van der Waals surface area contributed by atoms with Crippen LogP contribution in [0.25, 0.3) is 0 Å². The van der Waals surface area contributed by atoms with Crippen molar-refractivity contribution in [2.45, 2.75) is 25.6 Å². The van der Waals surface area contributed by atoms with Crippen LogP contribution in [0.5, 0.6) is 0 Å². The molecule has 0 aromatic heterocycles. The van der Waals surface area contributed by atoms with Gasteiger partial charge in [0.25, 0.3) is 0 Å². The second-order valence-corrected chi connectivity index (χ2v) is 10.9. The quantitative estimate of drug-likeness (QED) is 0.493. The van der Waals surface area contributed by atoms with E-state index in [0.717, 1.165) is 51.8 Å². The van der Waals surface area contributed by atoms with E-state index in [1.807, 2.05) is 0 Å².